The first kappa shape index (κ1) is 16.7. The SMILES string of the molecule is COCC(N)C(=O)NC(C)c1ccc(C(C)(C)C)cc1. The fourth-order valence-corrected chi connectivity index (χ4v) is 1.93. The van der Waals surface area contributed by atoms with Crippen molar-refractivity contribution in [2.45, 2.75) is 45.2 Å². The van der Waals surface area contributed by atoms with Crippen molar-refractivity contribution in [1.29, 1.82) is 0 Å². The van der Waals surface area contributed by atoms with Crippen LogP contribution in [0.3, 0.4) is 0 Å². The van der Waals surface area contributed by atoms with Gasteiger partial charge < -0.3 is 15.8 Å². The number of hydrogen-bond acceptors (Lipinski definition) is 3. The molecule has 1 rings (SSSR count). The molecule has 112 valence electrons. The molecule has 1 aromatic rings. The molecule has 1 aromatic carbocycles. The Morgan fingerprint density at radius 2 is 1.85 bits per heavy atom. The van der Waals surface area contributed by atoms with E-state index in [9.17, 15) is 4.79 Å². The molecule has 0 aliphatic rings. The maximum atomic E-state index is 11.8. The predicted octanol–water partition coefficient (Wildman–Crippen LogP) is 2.14. The van der Waals surface area contributed by atoms with Gasteiger partial charge in [-0.3, -0.25) is 4.79 Å². The Labute approximate surface area is 121 Å². The molecular weight excluding hydrogens is 252 g/mol. The molecule has 0 bridgehead atoms. The highest BCUT2D eigenvalue weighted by Crippen LogP contribution is 2.23. The molecule has 4 nitrogen and oxygen atoms in total. The molecular formula is C16H26N2O2. The van der Waals surface area contributed by atoms with E-state index in [1.165, 1.54) is 12.7 Å². The van der Waals surface area contributed by atoms with Crippen LogP contribution in [-0.2, 0) is 14.9 Å². The maximum Gasteiger partial charge on any atom is 0.239 e. The van der Waals surface area contributed by atoms with E-state index in [2.05, 4.69) is 38.2 Å². The van der Waals surface area contributed by atoms with Gasteiger partial charge in [0.05, 0.1) is 12.6 Å². The van der Waals surface area contributed by atoms with Gasteiger partial charge in [-0.1, -0.05) is 45.0 Å². The van der Waals surface area contributed by atoms with Gasteiger partial charge in [0.2, 0.25) is 5.91 Å². The first-order valence-corrected chi connectivity index (χ1v) is 6.91. The Hall–Kier alpha value is -1.39. The molecule has 2 atom stereocenters. The van der Waals surface area contributed by atoms with E-state index in [4.69, 9.17) is 10.5 Å². The second-order valence-electron chi connectivity index (χ2n) is 6.16. The number of carbonyl (C=O) groups excluding carboxylic acids is 1. The summed E-state index contributed by atoms with van der Waals surface area (Å²) in [5.74, 6) is -0.195. The van der Waals surface area contributed by atoms with Crippen molar-refractivity contribution in [3.8, 4) is 0 Å². The van der Waals surface area contributed by atoms with E-state index in [-0.39, 0.29) is 24.0 Å². The molecule has 4 heteroatoms. The summed E-state index contributed by atoms with van der Waals surface area (Å²) >= 11 is 0. The summed E-state index contributed by atoms with van der Waals surface area (Å²) in [6.45, 7) is 8.70. The molecule has 0 fully saturated rings. The van der Waals surface area contributed by atoms with Gasteiger partial charge in [-0.15, -0.1) is 0 Å². The molecule has 0 saturated carbocycles. The normalized spacial score (nSPS) is 14.7. The largest absolute Gasteiger partial charge is 0.383 e. The summed E-state index contributed by atoms with van der Waals surface area (Å²) in [6.07, 6.45) is 0. The van der Waals surface area contributed by atoms with Crippen molar-refractivity contribution in [1.82, 2.24) is 5.32 Å². The van der Waals surface area contributed by atoms with Crippen LogP contribution in [0.2, 0.25) is 0 Å². The average Bonchev–Trinajstić information content (AvgIpc) is 2.38. The quantitative estimate of drug-likeness (QED) is 0.867. The van der Waals surface area contributed by atoms with Crippen LogP contribution >= 0.6 is 0 Å². The van der Waals surface area contributed by atoms with Crippen molar-refractivity contribution >= 4 is 5.91 Å². The molecule has 0 heterocycles. The lowest BCUT2D eigenvalue weighted by molar-refractivity contribution is -0.124. The maximum absolute atomic E-state index is 11.8. The van der Waals surface area contributed by atoms with Crippen LogP contribution in [0.4, 0.5) is 0 Å². The zero-order valence-corrected chi connectivity index (χ0v) is 13.1. The zero-order chi connectivity index (χ0) is 15.3. The van der Waals surface area contributed by atoms with Crippen LogP contribution in [0.1, 0.15) is 44.9 Å². The highest BCUT2D eigenvalue weighted by molar-refractivity contribution is 5.82. The zero-order valence-electron chi connectivity index (χ0n) is 13.1. The second kappa shape index (κ2) is 6.86. The number of nitrogens with two attached hydrogens (primary N) is 1. The van der Waals surface area contributed by atoms with Gasteiger partial charge in [0, 0.05) is 7.11 Å². The molecule has 20 heavy (non-hydrogen) atoms. The lowest BCUT2D eigenvalue weighted by atomic mass is 9.86. The lowest BCUT2D eigenvalue weighted by Crippen LogP contribution is -2.44. The number of nitrogens with one attached hydrogen (secondary N) is 1. The van der Waals surface area contributed by atoms with Gasteiger partial charge in [-0.2, -0.15) is 0 Å². The monoisotopic (exact) mass is 278 g/mol. The van der Waals surface area contributed by atoms with Crippen molar-refractivity contribution < 1.29 is 9.53 Å². The smallest absolute Gasteiger partial charge is 0.239 e. The second-order valence-corrected chi connectivity index (χ2v) is 6.16. The summed E-state index contributed by atoms with van der Waals surface area (Å²) < 4.78 is 4.88. The standard InChI is InChI=1S/C16H26N2O2/c1-11(18-15(19)14(17)10-20-5)12-6-8-13(9-7-12)16(2,3)4/h6-9,11,14H,10,17H2,1-5H3,(H,18,19). The first-order chi connectivity index (χ1) is 9.25. The first-order valence-electron chi connectivity index (χ1n) is 6.91. The van der Waals surface area contributed by atoms with Crippen molar-refractivity contribution in [3.05, 3.63) is 35.4 Å². The topological polar surface area (TPSA) is 64.3 Å². The van der Waals surface area contributed by atoms with E-state index < -0.39 is 6.04 Å². The Bertz CT molecular complexity index is 435. The fraction of sp³-hybridized carbons (Fsp3) is 0.562. The van der Waals surface area contributed by atoms with Crippen LogP contribution < -0.4 is 11.1 Å². The van der Waals surface area contributed by atoms with E-state index in [0.717, 1.165) is 5.56 Å². The Morgan fingerprint density at radius 1 is 1.30 bits per heavy atom. The molecule has 0 spiro atoms. The third-order valence-electron chi connectivity index (χ3n) is 3.32. The highest BCUT2D eigenvalue weighted by Gasteiger charge is 2.17. The molecule has 0 aliphatic carbocycles. The van der Waals surface area contributed by atoms with Gasteiger partial charge >= 0.3 is 0 Å². The predicted molar refractivity (Wildman–Crippen MR) is 81.6 cm³/mol. The summed E-state index contributed by atoms with van der Waals surface area (Å²) in [5.41, 5.74) is 8.17. The number of hydrogen-bond donors (Lipinski definition) is 2. The summed E-state index contributed by atoms with van der Waals surface area (Å²) in [4.78, 5) is 11.8. The van der Waals surface area contributed by atoms with E-state index in [1.54, 1.807) is 0 Å². The Balaban J connectivity index is 2.69. The van der Waals surface area contributed by atoms with Crippen LogP contribution in [0.5, 0.6) is 0 Å². The van der Waals surface area contributed by atoms with Crippen LogP contribution in [0.15, 0.2) is 24.3 Å². The van der Waals surface area contributed by atoms with E-state index in [0.29, 0.717) is 0 Å². The Morgan fingerprint density at radius 3 is 2.30 bits per heavy atom. The molecule has 0 radical (unpaired) electrons. The Kier molecular flexibility index (Phi) is 5.72. The van der Waals surface area contributed by atoms with E-state index in [1.807, 2.05) is 19.1 Å². The molecule has 0 aliphatic heterocycles. The van der Waals surface area contributed by atoms with Crippen molar-refractivity contribution in [3.63, 3.8) is 0 Å². The minimum absolute atomic E-state index is 0.0700. The summed E-state index contributed by atoms with van der Waals surface area (Å²) in [7, 11) is 1.53. The molecule has 1 amide bonds. The van der Waals surface area contributed by atoms with Gasteiger partial charge in [0.1, 0.15) is 6.04 Å². The number of rotatable bonds is 5. The molecule has 0 saturated heterocycles. The van der Waals surface area contributed by atoms with Crippen molar-refractivity contribution in [2.24, 2.45) is 5.73 Å². The number of carbonyl (C=O) groups is 1. The number of benzene rings is 1. The van der Waals surface area contributed by atoms with Crippen LogP contribution in [0.25, 0.3) is 0 Å². The minimum atomic E-state index is -0.628. The van der Waals surface area contributed by atoms with Crippen LogP contribution in [-0.4, -0.2) is 25.7 Å². The highest BCUT2D eigenvalue weighted by atomic mass is 16.5. The van der Waals surface area contributed by atoms with Gasteiger partial charge in [0.15, 0.2) is 0 Å². The average molecular weight is 278 g/mol. The number of methoxy groups -OCH3 is 1. The minimum Gasteiger partial charge on any atom is -0.383 e. The summed E-state index contributed by atoms with van der Waals surface area (Å²) in [6, 6.07) is 7.61. The number of amides is 1. The molecule has 3 N–H and O–H groups in total. The summed E-state index contributed by atoms with van der Waals surface area (Å²) in [5, 5.41) is 2.90. The third-order valence-corrected chi connectivity index (χ3v) is 3.32. The lowest BCUT2D eigenvalue weighted by Gasteiger charge is -2.21. The van der Waals surface area contributed by atoms with Crippen molar-refractivity contribution in [2.75, 3.05) is 13.7 Å². The van der Waals surface area contributed by atoms with E-state index >= 15 is 0 Å². The third kappa shape index (κ3) is 4.62. The number of ether oxygens (including phenoxy) is 1. The van der Waals surface area contributed by atoms with Crippen LogP contribution in [0, 0.1) is 0 Å². The van der Waals surface area contributed by atoms with Gasteiger partial charge in [0.25, 0.3) is 0 Å². The van der Waals surface area contributed by atoms with Gasteiger partial charge in [-0.05, 0) is 23.5 Å². The molecule has 2 unspecified atom stereocenters. The van der Waals surface area contributed by atoms with Gasteiger partial charge in [-0.25, -0.2) is 0 Å². The fourth-order valence-electron chi connectivity index (χ4n) is 1.93. The molecule has 0 aromatic heterocycles.